The third-order valence-electron chi connectivity index (χ3n) is 5.87. The summed E-state index contributed by atoms with van der Waals surface area (Å²) in [7, 11) is -3.72. The number of ether oxygens (including phenoxy) is 1. The maximum Gasteiger partial charge on any atom is 0.247 e. The third-order valence-corrected chi connectivity index (χ3v) is 7.70. The number of nitrogens with zero attached hydrogens (tertiary/aromatic N) is 4. The highest BCUT2D eigenvalue weighted by molar-refractivity contribution is 7.89. The molecule has 0 aliphatic carbocycles. The Bertz CT molecular complexity index is 1160. The third kappa shape index (κ3) is 4.06. The van der Waals surface area contributed by atoms with E-state index in [-0.39, 0.29) is 18.0 Å². The lowest BCUT2D eigenvalue weighted by molar-refractivity contribution is 0.0568. The second kappa shape index (κ2) is 8.03. The molecule has 0 radical (unpaired) electrons. The maximum atomic E-state index is 13.5. The van der Waals surface area contributed by atoms with E-state index in [2.05, 4.69) is 14.9 Å². The minimum Gasteiger partial charge on any atom is -0.483 e. The van der Waals surface area contributed by atoms with Crippen LogP contribution in [0.25, 0.3) is 0 Å². The first-order valence-electron chi connectivity index (χ1n) is 10.3. The second-order valence-corrected chi connectivity index (χ2v) is 10.0. The summed E-state index contributed by atoms with van der Waals surface area (Å²) in [6, 6.07) is 16.5. The van der Waals surface area contributed by atoms with Gasteiger partial charge in [0.05, 0.1) is 18.8 Å². The number of benzene rings is 1. The van der Waals surface area contributed by atoms with Gasteiger partial charge in [0, 0.05) is 44.6 Å². The van der Waals surface area contributed by atoms with Crippen molar-refractivity contribution < 1.29 is 13.2 Å². The first-order chi connectivity index (χ1) is 15.0. The number of fused-ring (bicyclic) bond motifs is 1. The number of para-hydroxylation sites is 1. The van der Waals surface area contributed by atoms with Gasteiger partial charge in [-0.1, -0.05) is 18.2 Å². The highest BCUT2D eigenvalue weighted by Crippen LogP contribution is 2.39. The molecule has 8 heteroatoms. The summed E-state index contributed by atoms with van der Waals surface area (Å²) in [4.78, 5) is 11.0. The summed E-state index contributed by atoms with van der Waals surface area (Å²) >= 11 is 0. The summed E-state index contributed by atoms with van der Waals surface area (Å²) in [5.41, 5.74) is 1.29. The van der Waals surface area contributed by atoms with E-state index in [1.807, 2.05) is 36.4 Å². The predicted octanol–water partition coefficient (Wildman–Crippen LogP) is 2.70. The first kappa shape index (κ1) is 20.1. The van der Waals surface area contributed by atoms with Gasteiger partial charge < -0.3 is 4.74 Å². The first-order valence-corrected chi connectivity index (χ1v) is 11.8. The number of likely N-dealkylation sites (tertiary alicyclic amines) is 1. The maximum absolute atomic E-state index is 13.5. The molecule has 3 aromatic rings. The van der Waals surface area contributed by atoms with Crippen molar-refractivity contribution in [2.24, 2.45) is 0 Å². The fourth-order valence-electron chi connectivity index (χ4n) is 4.39. The SMILES string of the molecule is O=S1(=O)c2ccccc2OC2(CCN(Cc3ccncc3)C2)CN1Cc1ccccn1. The molecule has 0 amide bonds. The van der Waals surface area contributed by atoms with Crippen LogP contribution in [0.5, 0.6) is 5.75 Å². The van der Waals surface area contributed by atoms with E-state index >= 15 is 0 Å². The zero-order valence-corrected chi connectivity index (χ0v) is 17.9. The molecular formula is C23H24N4O3S. The van der Waals surface area contributed by atoms with Crippen LogP contribution in [0.2, 0.25) is 0 Å². The van der Waals surface area contributed by atoms with E-state index in [1.165, 1.54) is 9.87 Å². The van der Waals surface area contributed by atoms with Gasteiger partial charge in [0.15, 0.2) is 0 Å². The summed E-state index contributed by atoms with van der Waals surface area (Å²) in [5, 5.41) is 0. The van der Waals surface area contributed by atoms with E-state index in [0.29, 0.717) is 18.0 Å². The van der Waals surface area contributed by atoms with Gasteiger partial charge in [0.25, 0.3) is 0 Å². The van der Waals surface area contributed by atoms with Crippen molar-refractivity contribution in [1.82, 2.24) is 19.2 Å². The van der Waals surface area contributed by atoms with Crippen molar-refractivity contribution in [3.05, 3.63) is 84.4 Å². The largest absolute Gasteiger partial charge is 0.483 e. The number of hydrogen-bond donors (Lipinski definition) is 0. The van der Waals surface area contributed by atoms with E-state index in [4.69, 9.17) is 4.74 Å². The van der Waals surface area contributed by atoms with Gasteiger partial charge in [-0.15, -0.1) is 0 Å². The number of rotatable bonds is 4. The number of sulfonamides is 1. The highest BCUT2D eigenvalue weighted by Gasteiger charge is 2.47. The Hall–Kier alpha value is -2.81. The van der Waals surface area contributed by atoms with E-state index in [1.54, 1.807) is 36.8 Å². The molecule has 5 rings (SSSR count). The predicted molar refractivity (Wildman–Crippen MR) is 116 cm³/mol. The van der Waals surface area contributed by atoms with E-state index < -0.39 is 15.6 Å². The van der Waals surface area contributed by atoms with Crippen LogP contribution >= 0.6 is 0 Å². The lowest BCUT2D eigenvalue weighted by atomic mass is 10.0. The fraction of sp³-hybridized carbons (Fsp3) is 0.304. The molecule has 4 heterocycles. The van der Waals surface area contributed by atoms with Gasteiger partial charge in [-0.3, -0.25) is 14.9 Å². The molecule has 1 unspecified atom stereocenters. The van der Waals surface area contributed by atoms with E-state index in [9.17, 15) is 8.42 Å². The van der Waals surface area contributed by atoms with Gasteiger partial charge in [0.2, 0.25) is 10.0 Å². The van der Waals surface area contributed by atoms with Crippen LogP contribution in [-0.4, -0.2) is 52.8 Å². The van der Waals surface area contributed by atoms with Crippen LogP contribution in [0.4, 0.5) is 0 Å². The topological polar surface area (TPSA) is 75.6 Å². The zero-order chi connectivity index (χ0) is 21.3. The van der Waals surface area contributed by atoms with Crippen LogP contribution in [0, 0.1) is 0 Å². The molecule has 160 valence electrons. The fourth-order valence-corrected chi connectivity index (χ4v) is 5.99. The Morgan fingerprint density at radius 2 is 1.74 bits per heavy atom. The normalized spacial score (nSPS) is 23.2. The van der Waals surface area contributed by atoms with Crippen LogP contribution in [0.15, 0.2) is 78.1 Å². The standard InChI is InChI=1S/C23H24N4O3S/c28-31(29)22-7-2-1-6-21(22)30-23(18-27(31)16-20-5-3-4-11-25-20)10-14-26(17-23)15-19-8-12-24-13-9-19/h1-9,11-13H,10,14-18H2. The smallest absolute Gasteiger partial charge is 0.247 e. The molecule has 31 heavy (non-hydrogen) atoms. The molecule has 7 nitrogen and oxygen atoms in total. The molecular weight excluding hydrogens is 412 g/mol. The van der Waals surface area contributed by atoms with Gasteiger partial charge in [-0.25, -0.2) is 8.42 Å². The summed E-state index contributed by atoms with van der Waals surface area (Å²) in [6.45, 7) is 2.77. The Kier molecular flexibility index (Phi) is 5.21. The molecule has 2 aliphatic rings. The lowest BCUT2D eigenvalue weighted by Gasteiger charge is -2.32. The molecule has 1 saturated heterocycles. The zero-order valence-electron chi connectivity index (χ0n) is 17.1. The monoisotopic (exact) mass is 436 g/mol. The van der Waals surface area contributed by atoms with Crippen LogP contribution in [-0.2, 0) is 23.1 Å². The molecule has 1 fully saturated rings. The minimum atomic E-state index is -3.72. The Labute approximate surface area is 182 Å². The van der Waals surface area contributed by atoms with Crippen molar-refractivity contribution in [2.75, 3.05) is 19.6 Å². The molecule has 0 N–H and O–H groups in total. The average Bonchev–Trinajstić information content (AvgIpc) is 3.13. The van der Waals surface area contributed by atoms with E-state index in [0.717, 1.165) is 19.5 Å². The second-order valence-electron chi connectivity index (χ2n) is 8.14. The van der Waals surface area contributed by atoms with Crippen molar-refractivity contribution >= 4 is 10.0 Å². The number of aromatic nitrogens is 2. The van der Waals surface area contributed by atoms with Crippen molar-refractivity contribution in [3.63, 3.8) is 0 Å². The average molecular weight is 437 g/mol. The van der Waals surface area contributed by atoms with Gasteiger partial charge in [-0.05, 0) is 42.0 Å². The Balaban J connectivity index is 1.47. The van der Waals surface area contributed by atoms with Crippen LogP contribution < -0.4 is 4.74 Å². The highest BCUT2D eigenvalue weighted by atomic mass is 32.2. The summed E-state index contributed by atoms with van der Waals surface area (Å²) in [5.74, 6) is 0.428. The quantitative estimate of drug-likeness (QED) is 0.626. The molecule has 2 aromatic heterocycles. The van der Waals surface area contributed by atoms with Crippen LogP contribution in [0.3, 0.4) is 0 Å². The Morgan fingerprint density at radius 1 is 0.935 bits per heavy atom. The summed E-state index contributed by atoms with van der Waals surface area (Å²) < 4.78 is 35.1. The van der Waals surface area contributed by atoms with Gasteiger partial charge >= 0.3 is 0 Å². The van der Waals surface area contributed by atoms with Crippen molar-refractivity contribution in [3.8, 4) is 5.75 Å². The molecule has 0 saturated carbocycles. The van der Waals surface area contributed by atoms with Gasteiger partial charge in [-0.2, -0.15) is 4.31 Å². The molecule has 1 atom stereocenters. The molecule has 0 bridgehead atoms. The minimum absolute atomic E-state index is 0.215. The number of hydrogen-bond acceptors (Lipinski definition) is 6. The Morgan fingerprint density at radius 3 is 2.55 bits per heavy atom. The molecule has 1 spiro atoms. The lowest BCUT2D eigenvalue weighted by Crippen LogP contribution is -2.49. The van der Waals surface area contributed by atoms with Crippen molar-refractivity contribution in [1.29, 1.82) is 0 Å². The summed E-state index contributed by atoms with van der Waals surface area (Å²) in [6.07, 6.45) is 6.02. The van der Waals surface area contributed by atoms with Crippen molar-refractivity contribution in [2.45, 2.75) is 30.0 Å². The molecule has 2 aliphatic heterocycles. The van der Waals surface area contributed by atoms with Crippen LogP contribution in [0.1, 0.15) is 17.7 Å². The molecule has 1 aromatic carbocycles. The van der Waals surface area contributed by atoms with Gasteiger partial charge in [0.1, 0.15) is 16.2 Å². The number of pyridine rings is 2.